The molecule has 6 nitrogen and oxygen atoms in total. The van der Waals surface area contributed by atoms with Gasteiger partial charge in [0.15, 0.2) is 0 Å². The summed E-state index contributed by atoms with van der Waals surface area (Å²) in [4.78, 5) is 30.6. The number of amides is 1. The van der Waals surface area contributed by atoms with Gasteiger partial charge in [0.05, 0.1) is 23.6 Å². The van der Waals surface area contributed by atoms with Crippen molar-refractivity contribution < 1.29 is 31.9 Å². The lowest BCUT2D eigenvalue weighted by Gasteiger charge is -2.57. The summed E-state index contributed by atoms with van der Waals surface area (Å²) in [6.07, 6.45) is 1.69. The molecule has 44 heavy (non-hydrogen) atoms. The first-order valence-electron chi connectivity index (χ1n) is 14.8. The summed E-state index contributed by atoms with van der Waals surface area (Å²) < 4.78 is 59.8. The summed E-state index contributed by atoms with van der Waals surface area (Å²) in [5, 5.41) is 3.66. The Hall–Kier alpha value is -4.21. The molecule has 2 aliphatic rings. The number of hydrogen-bond acceptors (Lipinski definition) is 4. The molecular weight excluding hydrogens is 574 g/mol. The third kappa shape index (κ3) is 5.94. The van der Waals surface area contributed by atoms with E-state index in [0.717, 1.165) is 43.4 Å². The Morgan fingerprint density at radius 2 is 1.75 bits per heavy atom. The summed E-state index contributed by atoms with van der Waals surface area (Å²) in [6.45, 7) is 1.24. The average Bonchev–Trinajstić information content (AvgIpc) is 3.33. The van der Waals surface area contributed by atoms with E-state index in [4.69, 9.17) is 4.74 Å². The van der Waals surface area contributed by atoms with Crippen LogP contribution in [0.1, 0.15) is 71.3 Å². The monoisotopic (exact) mass is 607 g/mol. The maximum atomic E-state index is 13.5. The van der Waals surface area contributed by atoms with Crippen molar-refractivity contribution in [1.29, 1.82) is 0 Å². The molecule has 1 amide bonds. The summed E-state index contributed by atoms with van der Waals surface area (Å²) in [5.41, 5.74) is 2.41. The van der Waals surface area contributed by atoms with Gasteiger partial charge in [0, 0.05) is 23.8 Å². The second-order valence-electron chi connectivity index (χ2n) is 12.1. The van der Waals surface area contributed by atoms with Gasteiger partial charge in [-0.1, -0.05) is 42.5 Å². The van der Waals surface area contributed by atoms with Crippen LogP contribution in [0.4, 0.5) is 17.6 Å². The highest BCUT2D eigenvalue weighted by atomic mass is 19.4. The van der Waals surface area contributed by atoms with E-state index in [-0.39, 0.29) is 48.3 Å². The van der Waals surface area contributed by atoms with Crippen molar-refractivity contribution in [3.8, 4) is 0 Å². The highest BCUT2D eigenvalue weighted by Crippen LogP contribution is 2.59. The van der Waals surface area contributed by atoms with Crippen molar-refractivity contribution in [1.82, 2.24) is 14.9 Å². The van der Waals surface area contributed by atoms with E-state index in [1.807, 2.05) is 37.3 Å². The normalized spacial score (nSPS) is 21.8. The minimum Gasteiger partial charge on any atom is -0.458 e. The minimum atomic E-state index is -4.43. The Labute approximate surface area is 252 Å². The van der Waals surface area contributed by atoms with Gasteiger partial charge in [0.2, 0.25) is 0 Å². The molecule has 0 saturated heterocycles. The summed E-state index contributed by atoms with van der Waals surface area (Å²) in [7, 11) is 0. The number of nitrogens with zero attached hydrogens (tertiary/aromatic N) is 2. The molecule has 1 unspecified atom stereocenters. The second kappa shape index (κ2) is 11.7. The van der Waals surface area contributed by atoms with E-state index in [2.05, 4.69) is 10.3 Å². The number of carbonyl (C=O) groups is 2. The van der Waals surface area contributed by atoms with Gasteiger partial charge < -0.3 is 14.6 Å². The maximum absolute atomic E-state index is 13.5. The van der Waals surface area contributed by atoms with Crippen LogP contribution < -0.4 is 5.32 Å². The van der Waals surface area contributed by atoms with Crippen LogP contribution in [0.5, 0.6) is 0 Å². The number of carbonyl (C=O) groups excluding carboxylic acids is 2. The van der Waals surface area contributed by atoms with Crippen molar-refractivity contribution in [2.45, 2.75) is 63.9 Å². The molecule has 1 spiro atoms. The van der Waals surface area contributed by atoms with Gasteiger partial charge in [0.25, 0.3) is 5.91 Å². The largest absolute Gasteiger partial charge is 0.458 e. The maximum Gasteiger partial charge on any atom is 0.416 e. The number of rotatable bonds is 9. The summed E-state index contributed by atoms with van der Waals surface area (Å²) in [6, 6.07) is 16.2. The van der Waals surface area contributed by atoms with Crippen LogP contribution in [0.25, 0.3) is 11.0 Å². The zero-order valence-electron chi connectivity index (χ0n) is 24.2. The number of nitrogens with one attached hydrogen (secondary N) is 1. The number of esters is 1. The first kappa shape index (κ1) is 29.8. The van der Waals surface area contributed by atoms with Gasteiger partial charge in [-0.15, -0.1) is 0 Å². The summed E-state index contributed by atoms with van der Waals surface area (Å²) >= 11 is 0. The molecule has 0 radical (unpaired) electrons. The van der Waals surface area contributed by atoms with E-state index >= 15 is 0 Å². The van der Waals surface area contributed by atoms with Gasteiger partial charge in [-0.25, -0.2) is 9.37 Å². The zero-order valence-corrected chi connectivity index (χ0v) is 24.2. The molecule has 2 saturated carbocycles. The first-order valence-corrected chi connectivity index (χ1v) is 14.8. The molecule has 0 aliphatic heterocycles. The third-order valence-electron chi connectivity index (χ3n) is 9.04. The van der Waals surface area contributed by atoms with Crippen LogP contribution >= 0.6 is 0 Å². The number of pyridine rings is 1. The Morgan fingerprint density at radius 3 is 2.41 bits per heavy atom. The molecule has 2 fully saturated rings. The minimum absolute atomic E-state index is 0.0213. The number of benzene rings is 2. The van der Waals surface area contributed by atoms with Gasteiger partial charge in [0.1, 0.15) is 18.4 Å². The molecule has 1 N–H and O–H groups in total. The molecule has 2 aromatic carbocycles. The molecule has 1 atom stereocenters. The average molecular weight is 608 g/mol. The molecule has 0 bridgehead atoms. The predicted octanol–water partition coefficient (Wildman–Crippen LogP) is 7.21. The zero-order chi connectivity index (χ0) is 31.1. The number of hydrogen-bond donors (Lipinski definition) is 1. The lowest BCUT2D eigenvalue weighted by Crippen LogP contribution is -2.57. The van der Waals surface area contributed by atoms with E-state index in [9.17, 15) is 27.2 Å². The van der Waals surface area contributed by atoms with Gasteiger partial charge >= 0.3 is 12.1 Å². The quantitative estimate of drug-likeness (QED) is 0.161. The number of halogens is 4. The Morgan fingerprint density at radius 1 is 1.05 bits per heavy atom. The molecule has 4 aromatic rings. The predicted molar refractivity (Wildman–Crippen MR) is 157 cm³/mol. The highest BCUT2D eigenvalue weighted by molar-refractivity contribution is 6.07. The molecule has 230 valence electrons. The molecule has 2 aliphatic carbocycles. The number of ether oxygens (including phenoxy) is 1. The van der Waals surface area contributed by atoms with Gasteiger partial charge in [-0.05, 0) is 79.3 Å². The number of aromatic nitrogens is 2. The van der Waals surface area contributed by atoms with Crippen LogP contribution in [0.3, 0.4) is 0 Å². The lowest BCUT2D eigenvalue weighted by atomic mass is 9.50. The molecule has 2 heterocycles. The van der Waals surface area contributed by atoms with E-state index < -0.39 is 18.4 Å². The van der Waals surface area contributed by atoms with E-state index in [1.54, 1.807) is 23.0 Å². The van der Waals surface area contributed by atoms with Crippen molar-refractivity contribution in [2.24, 2.45) is 11.3 Å². The Kier molecular flexibility index (Phi) is 7.94. The number of fused-ring (bicyclic) bond motifs is 1. The van der Waals surface area contributed by atoms with Gasteiger partial charge in [-0.2, -0.15) is 13.2 Å². The van der Waals surface area contributed by atoms with Crippen LogP contribution in [0.15, 0.2) is 73.1 Å². The number of aryl methyl sites for hydroxylation is 1. The SMILES string of the molecule is CC(OC(=O)C1CC2(CC(NC(=O)c3cn(CCF)c4nccc(Cc5ccc(C(F)(F)F)cc5)c34)C2)C1)c1ccccc1. The van der Waals surface area contributed by atoms with Crippen LogP contribution in [0.2, 0.25) is 0 Å². The highest BCUT2D eigenvalue weighted by Gasteiger charge is 2.55. The third-order valence-corrected chi connectivity index (χ3v) is 9.04. The van der Waals surface area contributed by atoms with Crippen LogP contribution in [-0.2, 0) is 28.7 Å². The molecular formula is C34H33F4N3O3. The fourth-order valence-electron chi connectivity index (χ4n) is 6.79. The topological polar surface area (TPSA) is 73.2 Å². The standard InChI is InChI=1S/C34H33F4N3O3/c1-21(23-5-3-2-4-6-23)44-32(43)25-16-33(17-25)18-27(19-33)40-31(42)28-20-41(14-12-35)30-29(28)24(11-13-39-30)15-22-7-9-26(10-8-22)34(36,37)38/h2-11,13,20-21,25,27H,12,14-19H2,1H3,(H,40,42). The lowest BCUT2D eigenvalue weighted by molar-refractivity contribution is -0.167. The Bertz CT molecular complexity index is 1650. The van der Waals surface area contributed by atoms with Crippen molar-refractivity contribution in [3.63, 3.8) is 0 Å². The van der Waals surface area contributed by atoms with E-state index in [0.29, 0.717) is 27.7 Å². The van der Waals surface area contributed by atoms with Crippen molar-refractivity contribution >= 4 is 22.9 Å². The van der Waals surface area contributed by atoms with Crippen LogP contribution in [0, 0.1) is 11.3 Å². The number of alkyl halides is 4. The first-order chi connectivity index (χ1) is 21.0. The van der Waals surface area contributed by atoms with Crippen LogP contribution in [-0.4, -0.2) is 34.1 Å². The molecule has 2 aromatic heterocycles. The second-order valence-corrected chi connectivity index (χ2v) is 12.1. The van der Waals surface area contributed by atoms with Gasteiger partial charge in [-0.3, -0.25) is 9.59 Å². The Balaban J connectivity index is 1.11. The van der Waals surface area contributed by atoms with Crippen molar-refractivity contribution in [3.05, 3.63) is 101 Å². The fraction of sp³-hybridized carbons (Fsp3) is 0.382. The molecule has 10 heteroatoms. The smallest absolute Gasteiger partial charge is 0.416 e. The fourth-order valence-corrected chi connectivity index (χ4v) is 6.79. The van der Waals surface area contributed by atoms with Crippen molar-refractivity contribution in [2.75, 3.05) is 6.67 Å². The van der Waals surface area contributed by atoms with E-state index in [1.165, 1.54) is 12.1 Å². The summed E-state index contributed by atoms with van der Waals surface area (Å²) in [5.74, 6) is -0.635. The molecule has 6 rings (SSSR count).